The van der Waals surface area contributed by atoms with Crippen molar-refractivity contribution in [1.29, 1.82) is 0 Å². The van der Waals surface area contributed by atoms with Crippen LogP contribution in [0.2, 0.25) is 0 Å². The fourth-order valence-electron chi connectivity index (χ4n) is 3.57. The summed E-state index contributed by atoms with van der Waals surface area (Å²) in [6.45, 7) is 0. The minimum absolute atomic E-state index is 0.241. The minimum atomic E-state index is -0.241. The minimum Gasteiger partial charge on any atom is -0.451 e. The van der Waals surface area contributed by atoms with Gasteiger partial charge in [0.25, 0.3) is 0 Å². The Hall–Kier alpha value is -2.40. The lowest BCUT2D eigenvalue weighted by Gasteiger charge is -2.20. The zero-order valence-corrected chi connectivity index (χ0v) is 16.1. The molecule has 0 unspecified atom stereocenters. The van der Waals surface area contributed by atoms with Gasteiger partial charge in [-0.2, -0.15) is 11.8 Å². The molecule has 3 aromatic rings. The first-order valence-corrected chi connectivity index (χ1v) is 10.6. The fraction of sp³-hybridized carbons (Fsp3) is 0.318. The molecule has 1 saturated carbocycles. The third-order valence-corrected chi connectivity index (χ3v) is 6.41. The Labute approximate surface area is 163 Å². The Morgan fingerprint density at radius 1 is 1.00 bits per heavy atom. The molecule has 1 amide bonds. The fourth-order valence-corrected chi connectivity index (χ4v) is 4.92. The van der Waals surface area contributed by atoms with Crippen LogP contribution in [0.15, 0.2) is 59.0 Å². The number of para-hydroxylation sites is 2. The summed E-state index contributed by atoms with van der Waals surface area (Å²) in [4.78, 5) is 12.8. The summed E-state index contributed by atoms with van der Waals surface area (Å²) in [5.41, 5.74) is 8.31. The van der Waals surface area contributed by atoms with Crippen LogP contribution >= 0.6 is 11.8 Å². The Morgan fingerprint density at radius 2 is 1.74 bits per heavy atom. The summed E-state index contributed by atoms with van der Waals surface area (Å²) >= 11 is 1.96. The van der Waals surface area contributed by atoms with Gasteiger partial charge in [0.15, 0.2) is 5.76 Å². The molecule has 0 saturated heterocycles. The van der Waals surface area contributed by atoms with Gasteiger partial charge >= 0.3 is 5.91 Å². The number of hydrazine groups is 1. The van der Waals surface area contributed by atoms with Crippen LogP contribution in [0.5, 0.6) is 0 Å². The van der Waals surface area contributed by atoms with E-state index in [2.05, 4.69) is 10.9 Å². The highest BCUT2D eigenvalue weighted by atomic mass is 32.2. The largest absolute Gasteiger partial charge is 0.451 e. The second kappa shape index (κ2) is 8.53. The van der Waals surface area contributed by atoms with E-state index in [0.717, 1.165) is 28.0 Å². The monoisotopic (exact) mass is 380 g/mol. The van der Waals surface area contributed by atoms with Gasteiger partial charge in [0.1, 0.15) is 5.58 Å². The van der Waals surface area contributed by atoms with E-state index < -0.39 is 0 Å². The van der Waals surface area contributed by atoms with E-state index in [4.69, 9.17) is 4.42 Å². The standard InChI is InChI=1S/C22H24N2O2S/c25-22(24-23-16-9-3-1-4-10-16)21-19(15-27-17-11-5-2-6-12-17)18-13-7-8-14-20(18)26-21/h1,3-4,7-10,13-14,17,23H,2,5-6,11-12,15H2,(H,24,25). The van der Waals surface area contributed by atoms with Crippen LogP contribution in [0.25, 0.3) is 11.0 Å². The lowest BCUT2D eigenvalue weighted by molar-refractivity contribution is 0.0936. The van der Waals surface area contributed by atoms with Gasteiger partial charge in [-0.1, -0.05) is 55.7 Å². The van der Waals surface area contributed by atoms with E-state index in [9.17, 15) is 4.79 Å². The van der Waals surface area contributed by atoms with E-state index in [1.165, 1.54) is 32.1 Å². The number of hydrogen-bond acceptors (Lipinski definition) is 4. The lowest BCUT2D eigenvalue weighted by atomic mass is 10.0. The third-order valence-electron chi connectivity index (χ3n) is 5.01. The molecule has 4 rings (SSSR count). The number of rotatable bonds is 6. The van der Waals surface area contributed by atoms with Crippen molar-refractivity contribution in [3.05, 3.63) is 65.9 Å². The first-order valence-electron chi connectivity index (χ1n) is 9.54. The van der Waals surface area contributed by atoms with Crippen LogP contribution in [0.1, 0.15) is 48.2 Å². The number of fused-ring (bicyclic) bond motifs is 1. The SMILES string of the molecule is O=C(NNc1ccccc1)c1oc2ccccc2c1CSC1CCCCC1. The molecule has 0 atom stereocenters. The highest BCUT2D eigenvalue weighted by Gasteiger charge is 2.22. The second-order valence-corrected chi connectivity index (χ2v) is 8.21. The van der Waals surface area contributed by atoms with Crippen LogP contribution in [0.4, 0.5) is 5.69 Å². The van der Waals surface area contributed by atoms with Gasteiger partial charge in [0.2, 0.25) is 0 Å². The number of furan rings is 1. The molecule has 140 valence electrons. The first-order chi connectivity index (χ1) is 13.3. The zero-order valence-electron chi connectivity index (χ0n) is 15.2. The number of benzene rings is 2. The maximum atomic E-state index is 12.8. The molecule has 2 aromatic carbocycles. The summed E-state index contributed by atoms with van der Waals surface area (Å²) in [6, 6.07) is 17.5. The molecule has 0 spiro atoms. The Morgan fingerprint density at radius 3 is 2.56 bits per heavy atom. The molecule has 1 heterocycles. The molecule has 0 bridgehead atoms. The molecule has 2 N–H and O–H groups in total. The molecule has 0 aliphatic heterocycles. The number of carbonyl (C=O) groups is 1. The van der Waals surface area contributed by atoms with Crippen molar-refractivity contribution in [2.75, 3.05) is 5.43 Å². The molecular formula is C22H24N2O2S. The smallest absolute Gasteiger partial charge is 0.305 e. The van der Waals surface area contributed by atoms with Gasteiger partial charge in [-0.15, -0.1) is 0 Å². The van der Waals surface area contributed by atoms with Gasteiger partial charge in [0.05, 0.1) is 5.69 Å². The molecular weight excluding hydrogens is 356 g/mol. The first kappa shape index (κ1) is 18.0. The van der Waals surface area contributed by atoms with Gasteiger partial charge in [-0.25, -0.2) is 0 Å². The predicted octanol–water partition coefficient (Wildman–Crippen LogP) is 5.76. The average molecular weight is 381 g/mol. The quantitative estimate of drug-likeness (QED) is 0.534. The van der Waals surface area contributed by atoms with Crippen molar-refractivity contribution in [2.45, 2.75) is 43.1 Å². The summed E-state index contributed by atoms with van der Waals surface area (Å²) in [5.74, 6) is 0.965. The van der Waals surface area contributed by atoms with E-state index in [0.29, 0.717) is 11.0 Å². The highest BCUT2D eigenvalue weighted by Crippen LogP contribution is 2.34. The molecule has 5 heteroatoms. The topological polar surface area (TPSA) is 54.3 Å². The molecule has 1 aliphatic carbocycles. The van der Waals surface area contributed by atoms with Crippen molar-refractivity contribution in [3.63, 3.8) is 0 Å². The van der Waals surface area contributed by atoms with Crippen LogP contribution in [0, 0.1) is 0 Å². The van der Waals surface area contributed by atoms with Gasteiger partial charge in [-0.3, -0.25) is 15.6 Å². The molecule has 27 heavy (non-hydrogen) atoms. The highest BCUT2D eigenvalue weighted by molar-refractivity contribution is 7.99. The molecule has 1 aliphatic rings. The van der Waals surface area contributed by atoms with Crippen LogP contribution < -0.4 is 10.9 Å². The molecule has 1 aromatic heterocycles. The van der Waals surface area contributed by atoms with Gasteiger partial charge in [-0.05, 0) is 31.0 Å². The van der Waals surface area contributed by atoms with Crippen LogP contribution in [-0.2, 0) is 5.75 Å². The van der Waals surface area contributed by atoms with Crippen molar-refractivity contribution in [2.24, 2.45) is 0 Å². The number of thioether (sulfide) groups is 1. The summed E-state index contributed by atoms with van der Waals surface area (Å²) in [7, 11) is 0. The Bertz CT molecular complexity index is 901. The Kier molecular flexibility index (Phi) is 5.68. The van der Waals surface area contributed by atoms with Crippen molar-refractivity contribution in [3.8, 4) is 0 Å². The van der Waals surface area contributed by atoms with Gasteiger partial charge in [0, 0.05) is 22.0 Å². The van der Waals surface area contributed by atoms with E-state index in [1.807, 2.05) is 66.4 Å². The van der Waals surface area contributed by atoms with E-state index >= 15 is 0 Å². The van der Waals surface area contributed by atoms with Crippen molar-refractivity contribution < 1.29 is 9.21 Å². The van der Waals surface area contributed by atoms with E-state index in [1.54, 1.807) is 0 Å². The third kappa shape index (κ3) is 4.30. The average Bonchev–Trinajstić information content (AvgIpc) is 3.11. The predicted molar refractivity (Wildman–Crippen MR) is 112 cm³/mol. The normalized spacial score (nSPS) is 15.0. The van der Waals surface area contributed by atoms with Crippen LogP contribution in [0.3, 0.4) is 0 Å². The number of amides is 1. The summed E-state index contributed by atoms with van der Waals surface area (Å²) < 4.78 is 5.92. The summed E-state index contributed by atoms with van der Waals surface area (Å²) in [5, 5.41) is 1.72. The second-order valence-electron chi connectivity index (χ2n) is 6.92. The number of carbonyl (C=O) groups excluding carboxylic acids is 1. The molecule has 0 radical (unpaired) electrons. The zero-order chi connectivity index (χ0) is 18.5. The number of nitrogens with one attached hydrogen (secondary N) is 2. The molecule has 4 nitrogen and oxygen atoms in total. The number of anilines is 1. The van der Waals surface area contributed by atoms with Gasteiger partial charge < -0.3 is 4.42 Å². The molecule has 1 fully saturated rings. The van der Waals surface area contributed by atoms with Crippen molar-refractivity contribution in [1.82, 2.24) is 5.43 Å². The van der Waals surface area contributed by atoms with Crippen molar-refractivity contribution >= 4 is 34.3 Å². The maximum Gasteiger partial charge on any atom is 0.305 e. The summed E-state index contributed by atoms with van der Waals surface area (Å²) in [6.07, 6.45) is 6.54. The van der Waals surface area contributed by atoms with E-state index in [-0.39, 0.29) is 5.91 Å². The number of hydrogen-bond donors (Lipinski definition) is 2. The maximum absolute atomic E-state index is 12.8. The Balaban J connectivity index is 1.52. The lowest BCUT2D eigenvalue weighted by Crippen LogP contribution is -2.29. The van der Waals surface area contributed by atoms with Crippen LogP contribution in [-0.4, -0.2) is 11.2 Å².